The predicted octanol–water partition coefficient (Wildman–Crippen LogP) is 5.39. The summed E-state index contributed by atoms with van der Waals surface area (Å²) in [4.78, 5) is 16.2. The third-order valence-electron chi connectivity index (χ3n) is 5.05. The second kappa shape index (κ2) is 5.95. The molecular formula is C21H21NO2S. The van der Waals surface area contributed by atoms with E-state index in [1.165, 1.54) is 35.3 Å². The first-order valence-corrected chi connectivity index (χ1v) is 9.45. The molecule has 4 heteroatoms. The Morgan fingerprint density at radius 2 is 1.88 bits per heavy atom. The van der Waals surface area contributed by atoms with E-state index in [1.807, 2.05) is 23.9 Å². The number of aromatic nitrogens is 1. The van der Waals surface area contributed by atoms with Gasteiger partial charge in [-0.15, -0.1) is 11.8 Å². The van der Waals surface area contributed by atoms with E-state index in [0.717, 1.165) is 16.5 Å². The normalized spacial score (nSPS) is 15.8. The highest BCUT2D eigenvalue weighted by atomic mass is 32.2. The zero-order valence-corrected chi connectivity index (χ0v) is 15.5. The fraction of sp³-hybridized carbons (Fsp3) is 0.286. The van der Waals surface area contributed by atoms with E-state index in [1.54, 1.807) is 0 Å². The number of esters is 1. The number of hydrogen-bond donors (Lipinski definition) is 1. The van der Waals surface area contributed by atoms with Gasteiger partial charge in [-0.3, -0.25) is 0 Å². The third kappa shape index (κ3) is 2.85. The lowest BCUT2D eigenvalue weighted by Crippen LogP contribution is -2.22. The monoisotopic (exact) mass is 351 g/mol. The average Bonchev–Trinajstić information content (AvgIpc) is 3.04. The number of hydrogen-bond acceptors (Lipinski definition) is 3. The van der Waals surface area contributed by atoms with Crippen LogP contribution in [-0.4, -0.2) is 23.8 Å². The molecule has 4 rings (SSSR count). The molecule has 25 heavy (non-hydrogen) atoms. The molecule has 0 fully saturated rings. The summed E-state index contributed by atoms with van der Waals surface area (Å²) in [5, 5.41) is 1.02. The number of methoxy groups -OCH3 is 1. The molecule has 0 radical (unpaired) electrons. The van der Waals surface area contributed by atoms with E-state index in [2.05, 4.69) is 49.2 Å². The number of ether oxygens (including phenoxy) is 1. The first-order chi connectivity index (χ1) is 12.0. The molecule has 0 unspecified atom stereocenters. The van der Waals surface area contributed by atoms with E-state index in [4.69, 9.17) is 4.74 Å². The van der Waals surface area contributed by atoms with Crippen LogP contribution in [0.25, 0.3) is 22.0 Å². The SMILES string of the molecule is COC(=O)c1cc2cc(-c3ccc4c(c3)C(C)(C)CCS4)ccc2[nH]1. The van der Waals surface area contributed by atoms with Crippen molar-refractivity contribution in [2.45, 2.75) is 30.6 Å². The maximum Gasteiger partial charge on any atom is 0.354 e. The first-order valence-electron chi connectivity index (χ1n) is 8.47. The van der Waals surface area contributed by atoms with E-state index in [-0.39, 0.29) is 11.4 Å². The minimum Gasteiger partial charge on any atom is -0.464 e. The van der Waals surface area contributed by atoms with Crippen LogP contribution in [0.5, 0.6) is 0 Å². The summed E-state index contributed by atoms with van der Waals surface area (Å²) in [6.45, 7) is 4.65. The van der Waals surface area contributed by atoms with Crippen molar-refractivity contribution < 1.29 is 9.53 Å². The quantitative estimate of drug-likeness (QED) is 0.629. The van der Waals surface area contributed by atoms with Gasteiger partial charge in [0.1, 0.15) is 5.69 Å². The molecule has 0 saturated heterocycles. The van der Waals surface area contributed by atoms with E-state index in [0.29, 0.717) is 5.69 Å². The van der Waals surface area contributed by atoms with Gasteiger partial charge in [-0.1, -0.05) is 26.0 Å². The molecule has 1 N–H and O–H groups in total. The highest BCUT2D eigenvalue weighted by Crippen LogP contribution is 2.43. The van der Waals surface area contributed by atoms with Gasteiger partial charge in [0.25, 0.3) is 0 Å². The van der Waals surface area contributed by atoms with Gasteiger partial charge in [-0.2, -0.15) is 0 Å². The lowest BCUT2D eigenvalue weighted by Gasteiger charge is -2.32. The molecular weight excluding hydrogens is 330 g/mol. The Hall–Kier alpha value is -2.20. The number of aromatic amines is 1. The summed E-state index contributed by atoms with van der Waals surface area (Å²) in [5.74, 6) is 0.843. The second-order valence-corrected chi connectivity index (χ2v) is 8.31. The average molecular weight is 351 g/mol. The van der Waals surface area contributed by atoms with E-state index in [9.17, 15) is 4.79 Å². The first kappa shape index (κ1) is 16.3. The second-order valence-electron chi connectivity index (χ2n) is 7.17. The number of carbonyl (C=O) groups is 1. The van der Waals surface area contributed by atoms with Crippen molar-refractivity contribution in [1.29, 1.82) is 0 Å². The number of H-pyrrole nitrogens is 1. The fourth-order valence-electron chi connectivity index (χ4n) is 3.45. The van der Waals surface area contributed by atoms with Gasteiger partial charge in [0, 0.05) is 15.8 Å². The lowest BCUT2D eigenvalue weighted by molar-refractivity contribution is 0.0595. The van der Waals surface area contributed by atoms with Crippen molar-refractivity contribution in [3.05, 3.63) is 53.7 Å². The molecule has 1 aliphatic rings. The highest BCUT2D eigenvalue weighted by Gasteiger charge is 2.28. The molecule has 3 nitrogen and oxygen atoms in total. The van der Waals surface area contributed by atoms with Crippen molar-refractivity contribution in [3.63, 3.8) is 0 Å². The lowest BCUT2D eigenvalue weighted by atomic mass is 9.80. The van der Waals surface area contributed by atoms with Crippen molar-refractivity contribution in [3.8, 4) is 11.1 Å². The molecule has 0 amide bonds. The molecule has 0 aliphatic carbocycles. The van der Waals surface area contributed by atoms with Crippen molar-refractivity contribution in [1.82, 2.24) is 4.98 Å². The standard InChI is InChI=1S/C21H21NO2S/c1-21(2)8-9-25-19-7-5-14(11-16(19)21)13-4-6-17-15(10-13)12-18(22-17)20(23)24-3/h4-7,10-12,22H,8-9H2,1-3H3. The molecule has 1 aromatic heterocycles. The van der Waals surface area contributed by atoms with Crippen LogP contribution in [0.15, 0.2) is 47.4 Å². The summed E-state index contributed by atoms with van der Waals surface area (Å²) >= 11 is 1.95. The van der Waals surface area contributed by atoms with Gasteiger partial charge in [-0.05, 0) is 64.6 Å². The van der Waals surface area contributed by atoms with Gasteiger partial charge in [0.2, 0.25) is 0 Å². The fourth-order valence-corrected chi connectivity index (χ4v) is 4.93. The molecule has 3 aromatic rings. The van der Waals surface area contributed by atoms with E-state index >= 15 is 0 Å². The van der Waals surface area contributed by atoms with Crippen LogP contribution >= 0.6 is 11.8 Å². The van der Waals surface area contributed by atoms with Crippen LogP contribution in [0.3, 0.4) is 0 Å². The number of carbonyl (C=O) groups excluding carboxylic acids is 1. The van der Waals surface area contributed by atoms with Crippen LogP contribution in [0.2, 0.25) is 0 Å². The van der Waals surface area contributed by atoms with Gasteiger partial charge in [0.15, 0.2) is 0 Å². The molecule has 1 aliphatic heterocycles. The predicted molar refractivity (Wildman–Crippen MR) is 103 cm³/mol. The highest BCUT2D eigenvalue weighted by molar-refractivity contribution is 7.99. The van der Waals surface area contributed by atoms with Gasteiger partial charge >= 0.3 is 5.97 Å². The van der Waals surface area contributed by atoms with Crippen LogP contribution in [0.4, 0.5) is 0 Å². The van der Waals surface area contributed by atoms with E-state index < -0.39 is 0 Å². The number of rotatable bonds is 2. The Morgan fingerprint density at radius 1 is 1.12 bits per heavy atom. The minimum absolute atomic E-state index is 0.215. The van der Waals surface area contributed by atoms with Crippen molar-refractivity contribution in [2.24, 2.45) is 0 Å². The maximum atomic E-state index is 11.7. The number of benzene rings is 2. The number of nitrogens with one attached hydrogen (secondary N) is 1. The Morgan fingerprint density at radius 3 is 2.68 bits per heavy atom. The minimum atomic E-state index is -0.342. The zero-order chi connectivity index (χ0) is 17.6. The van der Waals surface area contributed by atoms with Crippen LogP contribution < -0.4 is 0 Å². The molecule has 0 bridgehead atoms. The van der Waals surface area contributed by atoms with Crippen LogP contribution in [0, 0.1) is 0 Å². The van der Waals surface area contributed by atoms with Crippen molar-refractivity contribution in [2.75, 3.05) is 12.9 Å². The Bertz CT molecular complexity index is 971. The van der Waals surface area contributed by atoms with Crippen LogP contribution in [0.1, 0.15) is 36.3 Å². The van der Waals surface area contributed by atoms with Gasteiger partial charge in [0.05, 0.1) is 7.11 Å². The Balaban J connectivity index is 1.78. The topological polar surface area (TPSA) is 42.1 Å². The molecule has 2 aromatic carbocycles. The van der Waals surface area contributed by atoms with Crippen molar-refractivity contribution >= 4 is 28.6 Å². The summed E-state index contributed by atoms with van der Waals surface area (Å²) in [7, 11) is 1.39. The molecule has 0 spiro atoms. The zero-order valence-electron chi connectivity index (χ0n) is 14.7. The summed E-state index contributed by atoms with van der Waals surface area (Å²) < 4.78 is 4.79. The number of fused-ring (bicyclic) bond motifs is 2. The Kier molecular flexibility index (Phi) is 3.88. The number of thioether (sulfide) groups is 1. The molecule has 0 saturated carbocycles. The summed E-state index contributed by atoms with van der Waals surface area (Å²) in [5.41, 5.74) is 5.46. The Labute approximate surface area is 151 Å². The molecule has 128 valence electrons. The molecule has 2 heterocycles. The summed E-state index contributed by atoms with van der Waals surface area (Å²) in [6.07, 6.45) is 1.20. The summed E-state index contributed by atoms with van der Waals surface area (Å²) in [6, 6.07) is 14.9. The largest absolute Gasteiger partial charge is 0.464 e. The van der Waals surface area contributed by atoms with Crippen LogP contribution in [-0.2, 0) is 10.2 Å². The maximum absolute atomic E-state index is 11.7. The van der Waals surface area contributed by atoms with Gasteiger partial charge < -0.3 is 9.72 Å². The smallest absolute Gasteiger partial charge is 0.354 e. The van der Waals surface area contributed by atoms with Gasteiger partial charge in [-0.25, -0.2) is 4.79 Å². The third-order valence-corrected chi connectivity index (χ3v) is 6.13. The molecule has 0 atom stereocenters.